The van der Waals surface area contributed by atoms with Gasteiger partial charge in [0, 0.05) is 45.0 Å². The van der Waals surface area contributed by atoms with E-state index >= 15 is 0 Å². The number of piperidine rings is 1. The normalized spacial score (nSPS) is 18.7. The SMILES string of the molecule is FC(F)(F)Oc1ccc(CN2CCC(Nc3ccnc(N4CCOCC4)n3)CC2)cc1. The zero-order valence-corrected chi connectivity index (χ0v) is 17.1. The molecule has 0 amide bonds. The zero-order chi connectivity index (χ0) is 21.7. The van der Waals surface area contributed by atoms with Gasteiger partial charge in [-0.1, -0.05) is 12.1 Å². The van der Waals surface area contributed by atoms with Crippen LogP contribution in [-0.4, -0.2) is 66.7 Å². The summed E-state index contributed by atoms with van der Waals surface area (Å²) in [7, 11) is 0. The van der Waals surface area contributed by atoms with Crippen LogP contribution in [0.2, 0.25) is 0 Å². The van der Waals surface area contributed by atoms with Crippen LogP contribution in [0.15, 0.2) is 36.5 Å². The average Bonchev–Trinajstić information content (AvgIpc) is 2.76. The Balaban J connectivity index is 1.24. The summed E-state index contributed by atoms with van der Waals surface area (Å²) < 4.78 is 46.1. The lowest BCUT2D eigenvalue weighted by Gasteiger charge is -2.33. The van der Waals surface area contributed by atoms with E-state index in [9.17, 15) is 13.2 Å². The number of hydrogen-bond donors (Lipinski definition) is 1. The van der Waals surface area contributed by atoms with E-state index in [1.807, 2.05) is 6.07 Å². The molecule has 0 bridgehead atoms. The molecular formula is C21H26F3N5O2. The molecule has 1 aromatic carbocycles. The van der Waals surface area contributed by atoms with Crippen molar-refractivity contribution in [3.05, 3.63) is 42.1 Å². The monoisotopic (exact) mass is 437 g/mol. The third-order valence-corrected chi connectivity index (χ3v) is 5.44. The Labute approximate surface area is 179 Å². The largest absolute Gasteiger partial charge is 0.573 e. The molecule has 1 N–H and O–H groups in total. The van der Waals surface area contributed by atoms with Crippen molar-refractivity contribution in [2.75, 3.05) is 49.6 Å². The third kappa shape index (κ3) is 6.44. The highest BCUT2D eigenvalue weighted by molar-refractivity contribution is 5.42. The number of ether oxygens (including phenoxy) is 2. The van der Waals surface area contributed by atoms with Gasteiger partial charge in [0.1, 0.15) is 11.6 Å². The molecule has 7 nitrogen and oxygen atoms in total. The van der Waals surface area contributed by atoms with Gasteiger partial charge < -0.3 is 19.7 Å². The van der Waals surface area contributed by atoms with E-state index in [4.69, 9.17) is 4.74 Å². The van der Waals surface area contributed by atoms with Crippen molar-refractivity contribution in [1.82, 2.24) is 14.9 Å². The van der Waals surface area contributed by atoms with Crippen LogP contribution < -0.4 is 15.0 Å². The third-order valence-electron chi connectivity index (χ3n) is 5.44. The van der Waals surface area contributed by atoms with Gasteiger partial charge in [-0.2, -0.15) is 4.98 Å². The predicted molar refractivity (Wildman–Crippen MR) is 110 cm³/mol. The molecule has 2 fully saturated rings. The first kappa shape index (κ1) is 21.6. The first-order valence-electron chi connectivity index (χ1n) is 10.4. The van der Waals surface area contributed by atoms with Crippen LogP contribution in [0.1, 0.15) is 18.4 Å². The number of benzene rings is 1. The molecule has 0 atom stereocenters. The van der Waals surface area contributed by atoms with Crippen molar-refractivity contribution in [1.29, 1.82) is 0 Å². The predicted octanol–water partition coefficient (Wildman–Crippen LogP) is 3.29. The average molecular weight is 437 g/mol. The van der Waals surface area contributed by atoms with Crippen molar-refractivity contribution in [2.24, 2.45) is 0 Å². The summed E-state index contributed by atoms with van der Waals surface area (Å²) >= 11 is 0. The molecule has 0 radical (unpaired) electrons. The molecule has 168 valence electrons. The Kier molecular flexibility index (Phi) is 6.77. The fraction of sp³-hybridized carbons (Fsp3) is 0.524. The van der Waals surface area contributed by atoms with Crippen molar-refractivity contribution >= 4 is 11.8 Å². The quantitative estimate of drug-likeness (QED) is 0.744. The number of anilines is 2. The molecule has 0 spiro atoms. The number of alkyl halides is 3. The second kappa shape index (κ2) is 9.69. The summed E-state index contributed by atoms with van der Waals surface area (Å²) in [5, 5.41) is 3.52. The summed E-state index contributed by atoms with van der Waals surface area (Å²) in [6.07, 6.45) is -0.956. The lowest BCUT2D eigenvalue weighted by Crippen LogP contribution is -2.39. The van der Waals surface area contributed by atoms with Crippen molar-refractivity contribution < 1.29 is 22.6 Å². The molecule has 0 saturated carbocycles. The number of halogens is 3. The van der Waals surface area contributed by atoms with Crippen LogP contribution in [0.5, 0.6) is 5.75 Å². The minimum absolute atomic E-state index is 0.194. The molecule has 10 heteroatoms. The molecule has 31 heavy (non-hydrogen) atoms. The molecule has 2 saturated heterocycles. The second-order valence-corrected chi connectivity index (χ2v) is 7.73. The van der Waals surface area contributed by atoms with Gasteiger partial charge in [-0.3, -0.25) is 4.90 Å². The molecule has 0 unspecified atom stereocenters. The van der Waals surface area contributed by atoms with Crippen LogP contribution in [0, 0.1) is 0 Å². The maximum absolute atomic E-state index is 12.3. The summed E-state index contributed by atoms with van der Waals surface area (Å²) in [4.78, 5) is 13.5. The number of morpholine rings is 1. The molecule has 2 aliphatic heterocycles. The standard InChI is InChI=1S/C21H26F3N5O2/c22-21(23,24)31-18-3-1-16(2-4-18)15-28-9-6-17(7-10-28)26-19-5-8-25-20(27-19)29-11-13-30-14-12-29/h1-5,8,17H,6-7,9-15H2,(H,25,26,27). The minimum atomic E-state index is -4.66. The van der Waals surface area contributed by atoms with Gasteiger partial charge in [0.2, 0.25) is 5.95 Å². The molecule has 1 aromatic heterocycles. The summed E-state index contributed by atoms with van der Waals surface area (Å²) in [6.45, 7) is 5.48. The maximum Gasteiger partial charge on any atom is 0.573 e. The van der Waals surface area contributed by atoms with Crippen LogP contribution in [-0.2, 0) is 11.3 Å². The molecule has 0 aliphatic carbocycles. The van der Waals surface area contributed by atoms with Crippen molar-refractivity contribution in [3.8, 4) is 5.75 Å². The first-order chi connectivity index (χ1) is 14.9. The smallest absolute Gasteiger partial charge is 0.406 e. The molecule has 3 heterocycles. The van der Waals surface area contributed by atoms with Crippen LogP contribution in [0.3, 0.4) is 0 Å². The number of nitrogens with zero attached hydrogens (tertiary/aromatic N) is 4. The molecular weight excluding hydrogens is 411 g/mol. The van der Waals surface area contributed by atoms with Gasteiger partial charge in [-0.05, 0) is 36.6 Å². The number of hydrogen-bond acceptors (Lipinski definition) is 7. The van der Waals surface area contributed by atoms with E-state index < -0.39 is 6.36 Å². The Morgan fingerprint density at radius 2 is 1.74 bits per heavy atom. The lowest BCUT2D eigenvalue weighted by molar-refractivity contribution is -0.274. The van der Waals surface area contributed by atoms with Crippen LogP contribution in [0.25, 0.3) is 0 Å². The summed E-state index contributed by atoms with van der Waals surface area (Å²) in [5.41, 5.74) is 0.965. The first-order valence-corrected chi connectivity index (χ1v) is 10.4. The topological polar surface area (TPSA) is 62.8 Å². The van der Waals surface area contributed by atoms with E-state index in [2.05, 4.69) is 29.8 Å². The number of likely N-dealkylation sites (tertiary alicyclic amines) is 1. The number of aromatic nitrogens is 2. The fourth-order valence-electron chi connectivity index (χ4n) is 3.84. The highest BCUT2D eigenvalue weighted by Crippen LogP contribution is 2.24. The Hall–Kier alpha value is -2.59. The number of nitrogens with one attached hydrogen (secondary N) is 1. The number of rotatable bonds is 6. The Morgan fingerprint density at radius 3 is 2.42 bits per heavy atom. The Bertz CT molecular complexity index is 836. The van der Waals surface area contributed by atoms with Gasteiger partial charge in [0.15, 0.2) is 0 Å². The second-order valence-electron chi connectivity index (χ2n) is 7.73. The van der Waals surface area contributed by atoms with Crippen LogP contribution in [0.4, 0.5) is 24.9 Å². The van der Waals surface area contributed by atoms with Gasteiger partial charge in [0.25, 0.3) is 0 Å². The maximum atomic E-state index is 12.3. The van der Waals surface area contributed by atoms with Crippen molar-refractivity contribution in [3.63, 3.8) is 0 Å². The van der Waals surface area contributed by atoms with E-state index in [0.717, 1.165) is 56.4 Å². The molecule has 2 aliphatic rings. The zero-order valence-electron chi connectivity index (χ0n) is 17.1. The van der Waals surface area contributed by atoms with Gasteiger partial charge in [0.05, 0.1) is 13.2 Å². The summed E-state index contributed by atoms with van der Waals surface area (Å²) in [6, 6.07) is 8.29. The van der Waals surface area contributed by atoms with E-state index in [1.165, 1.54) is 12.1 Å². The molecule has 2 aromatic rings. The molecule has 4 rings (SSSR count). The summed E-state index contributed by atoms with van der Waals surface area (Å²) in [5.74, 6) is 1.36. The highest BCUT2D eigenvalue weighted by Gasteiger charge is 2.31. The highest BCUT2D eigenvalue weighted by atomic mass is 19.4. The fourth-order valence-corrected chi connectivity index (χ4v) is 3.84. The Morgan fingerprint density at radius 1 is 1.03 bits per heavy atom. The minimum Gasteiger partial charge on any atom is -0.406 e. The lowest BCUT2D eigenvalue weighted by atomic mass is 10.0. The van der Waals surface area contributed by atoms with Gasteiger partial charge >= 0.3 is 6.36 Å². The van der Waals surface area contributed by atoms with E-state index in [1.54, 1.807) is 18.3 Å². The van der Waals surface area contributed by atoms with E-state index in [0.29, 0.717) is 25.8 Å². The van der Waals surface area contributed by atoms with Crippen LogP contribution >= 0.6 is 0 Å². The van der Waals surface area contributed by atoms with Crippen molar-refractivity contribution in [2.45, 2.75) is 31.8 Å². The van der Waals surface area contributed by atoms with E-state index in [-0.39, 0.29) is 5.75 Å². The van der Waals surface area contributed by atoms with Gasteiger partial charge in [-0.25, -0.2) is 4.98 Å². The van der Waals surface area contributed by atoms with Gasteiger partial charge in [-0.15, -0.1) is 13.2 Å².